The first-order chi connectivity index (χ1) is 14.4. The van der Waals surface area contributed by atoms with Crippen LogP contribution in [0.3, 0.4) is 0 Å². The first-order valence-corrected chi connectivity index (χ1v) is 11.5. The van der Waals surface area contributed by atoms with Crippen LogP contribution in [0.5, 0.6) is 5.75 Å². The van der Waals surface area contributed by atoms with Gasteiger partial charge in [-0.2, -0.15) is 0 Å². The molecule has 7 heteroatoms. The number of halogens is 2. The predicted molar refractivity (Wildman–Crippen MR) is 132 cm³/mol. The van der Waals surface area contributed by atoms with Crippen molar-refractivity contribution in [1.29, 1.82) is 0 Å². The molecule has 2 N–H and O–H groups in total. The molecule has 1 aliphatic rings. The van der Waals surface area contributed by atoms with E-state index >= 15 is 0 Å². The van der Waals surface area contributed by atoms with Crippen LogP contribution in [0.2, 0.25) is 10.2 Å². The number of hydrogen-bond donors (Lipinski definition) is 2. The van der Waals surface area contributed by atoms with Crippen molar-refractivity contribution in [2.45, 2.75) is 58.9 Å². The van der Waals surface area contributed by atoms with Gasteiger partial charge in [0.1, 0.15) is 17.3 Å². The lowest BCUT2D eigenvalue weighted by Gasteiger charge is -2.28. The van der Waals surface area contributed by atoms with Gasteiger partial charge in [-0.15, -0.1) is 0 Å². The second-order valence-electron chi connectivity index (χ2n) is 9.15. The van der Waals surface area contributed by atoms with Crippen molar-refractivity contribution < 1.29 is 5.11 Å². The number of aromatic nitrogens is 2. The summed E-state index contributed by atoms with van der Waals surface area (Å²) < 4.78 is 2.05. The zero-order valence-corrected chi connectivity index (χ0v) is 21.3. The van der Waals surface area contributed by atoms with Gasteiger partial charge in [0.05, 0.1) is 5.70 Å². The van der Waals surface area contributed by atoms with Crippen LogP contribution in [0.4, 0.5) is 0 Å². The average Bonchev–Trinajstić information content (AvgIpc) is 3.31. The summed E-state index contributed by atoms with van der Waals surface area (Å²) in [6.45, 7) is 16.5. The highest BCUT2D eigenvalue weighted by molar-refractivity contribution is 6.31. The lowest BCUT2D eigenvalue weighted by Crippen LogP contribution is -2.32. The Morgan fingerprint density at radius 1 is 1.35 bits per heavy atom. The highest BCUT2D eigenvalue weighted by Gasteiger charge is 2.24. The van der Waals surface area contributed by atoms with Gasteiger partial charge in [0.25, 0.3) is 0 Å². The van der Waals surface area contributed by atoms with Crippen molar-refractivity contribution in [3.8, 4) is 5.75 Å². The number of benzene rings is 1. The van der Waals surface area contributed by atoms with Crippen LogP contribution in [-0.4, -0.2) is 45.7 Å². The number of phenolic OH excluding ortho intramolecular Hbond substituents is 1. The molecule has 0 saturated carbocycles. The quantitative estimate of drug-likeness (QED) is 0.619. The molecular weight excluding hydrogens is 431 g/mol. The number of imidazole rings is 1. The van der Waals surface area contributed by atoms with Crippen molar-refractivity contribution in [2.24, 2.45) is 7.05 Å². The average molecular weight is 467 g/mol. The lowest BCUT2D eigenvalue weighted by molar-refractivity contribution is 0.368. The van der Waals surface area contributed by atoms with Crippen LogP contribution in [0.25, 0.3) is 5.70 Å². The maximum absolute atomic E-state index is 9.41. The fourth-order valence-corrected chi connectivity index (χ4v) is 4.52. The third kappa shape index (κ3) is 5.97. The molecule has 1 atom stereocenters. The zero-order chi connectivity index (χ0) is 23.5. The molecule has 5 nitrogen and oxygen atoms in total. The summed E-state index contributed by atoms with van der Waals surface area (Å²) in [6, 6.07) is 4.04. The van der Waals surface area contributed by atoms with Crippen molar-refractivity contribution in [2.75, 3.05) is 20.1 Å². The molecule has 2 heterocycles. The molecule has 1 aromatic heterocycles. The van der Waals surface area contributed by atoms with E-state index < -0.39 is 0 Å². The predicted octanol–water partition coefficient (Wildman–Crippen LogP) is 5.55. The maximum Gasteiger partial charge on any atom is 0.156 e. The minimum atomic E-state index is 0.0234. The topological polar surface area (TPSA) is 53.3 Å². The number of nitrogens with zero attached hydrogens (tertiary/aromatic N) is 3. The number of rotatable bonds is 4. The van der Waals surface area contributed by atoms with Crippen molar-refractivity contribution in [1.82, 2.24) is 19.8 Å². The third-order valence-electron chi connectivity index (χ3n) is 5.84. The molecule has 3 rings (SSSR count). The van der Waals surface area contributed by atoms with E-state index in [0.717, 1.165) is 54.3 Å². The summed E-state index contributed by atoms with van der Waals surface area (Å²) >= 11 is 12.3. The van der Waals surface area contributed by atoms with Gasteiger partial charge < -0.3 is 19.9 Å². The first-order valence-electron chi connectivity index (χ1n) is 10.7. The maximum atomic E-state index is 9.41. The van der Waals surface area contributed by atoms with E-state index in [1.54, 1.807) is 6.07 Å². The molecule has 0 bridgehead atoms. The van der Waals surface area contributed by atoms with E-state index in [1.807, 2.05) is 24.6 Å². The minimum absolute atomic E-state index is 0.0234. The van der Waals surface area contributed by atoms with Gasteiger partial charge in [-0.1, -0.05) is 63.5 Å². The fraction of sp³-hybridized carbons (Fsp3) is 0.542. The fourth-order valence-electron chi connectivity index (χ4n) is 3.74. The van der Waals surface area contributed by atoms with E-state index in [0.29, 0.717) is 16.2 Å². The molecule has 0 radical (unpaired) electrons. The van der Waals surface area contributed by atoms with Crippen molar-refractivity contribution in [3.05, 3.63) is 51.5 Å². The molecular formula is C24H36Cl2N4O. The van der Waals surface area contributed by atoms with E-state index in [9.17, 15) is 5.11 Å². The summed E-state index contributed by atoms with van der Waals surface area (Å²) in [5.41, 5.74) is 3.85. The van der Waals surface area contributed by atoms with Gasteiger partial charge in [-0.25, -0.2) is 4.98 Å². The Kier molecular flexibility index (Phi) is 8.48. The van der Waals surface area contributed by atoms with Crippen molar-refractivity contribution >= 4 is 28.9 Å². The molecule has 2 aromatic rings. The standard InChI is InChI=1S/C13H21ClN4.C11H15ClO/c1-5-11-16-13(14)12(18(11)4)9(2)17(3)10-6-7-15-8-10;1-7-5-8(11(2,3)4)9(12)6-10(7)13/h10,15H,2,5-8H2,1,3-4H3;5-6,13H,1-4H3. The molecule has 1 aromatic carbocycles. The molecule has 172 valence electrons. The highest BCUT2D eigenvalue weighted by atomic mass is 35.5. The van der Waals surface area contributed by atoms with Gasteiger partial charge in [-0.3, -0.25) is 0 Å². The SMILES string of the molecule is C=C(c1c(Cl)nc(CC)n1C)N(C)C1CCNC1.Cc1cc(C(C)(C)C)c(Cl)cc1O. The van der Waals surface area contributed by atoms with Crippen LogP contribution in [0.15, 0.2) is 18.7 Å². The molecule has 0 aliphatic carbocycles. The summed E-state index contributed by atoms with van der Waals surface area (Å²) in [5.74, 6) is 1.26. The summed E-state index contributed by atoms with van der Waals surface area (Å²) in [5, 5.41) is 14.0. The van der Waals surface area contributed by atoms with Gasteiger partial charge in [0.2, 0.25) is 0 Å². The molecule has 1 unspecified atom stereocenters. The Bertz CT molecular complexity index is 925. The number of phenols is 1. The minimum Gasteiger partial charge on any atom is -0.508 e. The monoisotopic (exact) mass is 466 g/mol. The second-order valence-corrected chi connectivity index (χ2v) is 9.92. The largest absolute Gasteiger partial charge is 0.508 e. The zero-order valence-electron chi connectivity index (χ0n) is 19.8. The van der Waals surface area contributed by atoms with Gasteiger partial charge in [0.15, 0.2) is 5.15 Å². The van der Waals surface area contributed by atoms with Gasteiger partial charge in [-0.05, 0) is 42.5 Å². The normalized spacial score (nSPS) is 16.1. The molecule has 31 heavy (non-hydrogen) atoms. The third-order valence-corrected chi connectivity index (χ3v) is 6.41. The first kappa shape index (κ1) is 25.6. The number of likely N-dealkylation sites (N-methyl/N-ethyl adjacent to an activating group) is 1. The number of aromatic hydroxyl groups is 1. The summed E-state index contributed by atoms with van der Waals surface area (Å²) in [7, 11) is 4.08. The van der Waals surface area contributed by atoms with Crippen LogP contribution in [-0.2, 0) is 18.9 Å². The van der Waals surface area contributed by atoms with Gasteiger partial charge >= 0.3 is 0 Å². The molecule has 1 aliphatic heterocycles. The smallest absolute Gasteiger partial charge is 0.156 e. The van der Waals surface area contributed by atoms with E-state index in [1.165, 1.54) is 0 Å². The summed E-state index contributed by atoms with van der Waals surface area (Å²) in [6.07, 6.45) is 2.02. The Balaban J connectivity index is 0.000000233. The van der Waals surface area contributed by atoms with Crippen LogP contribution < -0.4 is 5.32 Å². The van der Waals surface area contributed by atoms with E-state index in [2.05, 4.69) is 56.5 Å². The van der Waals surface area contributed by atoms with Crippen LogP contribution in [0, 0.1) is 6.92 Å². The van der Waals surface area contributed by atoms with Crippen LogP contribution >= 0.6 is 23.2 Å². The molecule has 0 amide bonds. The lowest BCUT2D eigenvalue weighted by atomic mass is 9.86. The Morgan fingerprint density at radius 3 is 2.48 bits per heavy atom. The molecule has 1 saturated heterocycles. The van der Waals surface area contributed by atoms with E-state index in [4.69, 9.17) is 23.2 Å². The molecule has 1 fully saturated rings. The van der Waals surface area contributed by atoms with E-state index in [-0.39, 0.29) is 11.2 Å². The molecule has 0 spiro atoms. The second kappa shape index (κ2) is 10.3. The van der Waals surface area contributed by atoms with Crippen LogP contribution in [0.1, 0.15) is 56.8 Å². The number of aryl methyl sites for hydroxylation is 2. The highest BCUT2D eigenvalue weighted by Crippen LogP contribution is 2.33. The van der Waals surface area contributed by atoms with Crippen molar-refractivity contribution in [3.63, 3.8) is 0 Å². The Labute approximate surface area is 197 Å². The number of nitrogens with one attached hydrogen (secondary N) is 1. The number of hydrogen-bond acceptors (Lipinski definition) is 4. The Hall–Kier alpha value is -1.69. The Morgan fingerprint density at radius 2 is 2.00 bits per heavy atom. The van der Waals surface area contributed by atoms with Gasteiger partial charge in [0, 0.05) is 38.1 Å². The summed E-state index contributed by atoms with van der Waals surface area (Å²) in [4.78, 5) is 6.59.